The van der Waals surface area contributed by atoms with Gasteiger partial charge in [-0.25, -0.2) is 12.7 Å². The minimum absolute atomic E-state index is 0.112. The third-order valence-electron chi connectivity index (χ3n) is 3.64. The first-order valence-electron chi connectivity index (χ1n) is 7.71. The fraction of sp³-hybridized carbons (Fsp3) is 0.118. The minimum Gasteiger partial charge on any atom is -0.296 e. The topological polar surface area (TPSA) is 92.3 Å². The van der Waals surface area contributed by atoms with Crippen LogP contribution in [0.15, 0.2) is 53.4 Å². The van der Waals surface area contributed by atoms with Crippen molar-refractivity contribution < 1.29 is 13.2 Å². The average molecular weight is 423 g/mol. The number of carbonyl (C=O) groups is 1. The number of hydrogen-bond acceptors (Lipinski definition) is 6. The molecule has 0 saturated heterocycles. The van der Waals surface area contributed by atoms with Crippen molar-refractivity contribution in [2.75, 3.05) is 19.4 Å². The summed E-state index contributed by atoms with van der Waals surface area (Å²) in [6.45, 7) is 0. The molecule has 7 nitrogen and oxygen atoms in total. The molecule has 3 rings (SSSR count). The Hall–Kier alpha value is -2.33. The van der Waals surface area contributed by atoms with Gasteiger partial charge in [-0.05, 0) is 30.3 Å². The first-order chi connectivity index (χ1) is 12.8. The van der Waals surface area contributed by atoms with E-state index in [9.17, 15) is 13.2 Å². The van der Waals surface area contributed by atoms with Gasteiger partial charge in [0, 0.05) is 25.2 Å². The number of carbonyl (C=O) groups excluding carboxylic acids is 1. The van der Waals surface area contributed by atoms with Crippen molar-refractivity contribution in [3.8, 4) is 10.6 Å². The SMILES string of the molecule is CN(C)S(=O)(=O)c1ccc(C(=O)Nc2nnc(-c3ccccc3Cl)s2)cc1. The molecule has 0 unspecified atom stereocenters. The molecule has 0 aliphatic heterocycles. The average Bonchev–Trinajstić information content (AvgIpc) is 3.10. The lowest BCUT2D eigenvalue weighted by atomic mass is 10.2. The van der Waals surface area contributed by atoms with Gasteiger partial charge < -0.3 is 0 Å². The van der Waals surface area contributed by atoms with Crippen LogP contribution >= 0.6 is 22.9 Å². The number of hydrogen-bond donors (Lipinski definition) is 1. The molecular weight excluding hydrogens is 408 g/mol. The molecule has 0 bridgehead atoms. The Bertz CT molecular complexity index is 1080. The quantitative estimate of drug-likeness (QED) is 0.680. The molecule has 27 heavy (non-hydrogen) atoms. The van der Waals surface area contributed by atoms with Gasteiger partial charge in [0.25, 0.3) is 5.91 Å². The van der Waals surface area contributed by atoms with E-state index in [0.717, 1.165) is 9.87 Å². The Morgan fingerprint density at radius 3 is 2.37 bits per heavy atom. The van der Waals surface area contributed by atoms with E-state index in [1.54, 1.807) is 6.07 Å². The first kappa shape index (κ1) is 19.4. The second-order valence-corrected chi connectivity index (χ2v) is 9.19. The number of sulfonamides is 1. The van der Waals surface area contributed by atoms with Crippen molar-refractivity contribution in [3.05, 3.63) is 59.1 Å². The van der Waals surface area contributed by atoms with Crippen LogP contribution in [0.4, 0.5) is 5.13 Å². The lowest BCUT2D eigenvalue weighted by molar-refractivity contribution is 0.102. The molecule has 1 aromatic heterocycles. The van der Waals surface area contributed by atoms with Crippen LogP contribution in [0.5, 0.6) is 0 Å². The fourth-order valence-electron chi connectivity index (χ4n) is 2.18. The lowest BCUT2D eigenvalue weighted by Crippen LogP contribution is -2.22. The van der Waals surface area contributed by atoms with Gasteiger partial charge >= 0.3 is 0 Å². The second kappa shape index (κ2) is 7.73. The van der Waals surface area contributed by atoms with E-state index in [0.29, 0.717) is 20.7 Å². The second-order valence-electron chi connectivity index (χ2n) is 5.66. The van der Waals surface area contributed by atoms with E-state index in [2.05, 4.69) is 15.5 Å². The van der Waals surface area contributed by atoms with E-state index < -0.39 is 15.9 Å². The highest BCUT2D eigenvalue weighted by Crippen LogP contribution is 2.31. The summed E-state index contributed by atoms with van der Waals surface area (Å²) in [5, 5.41) is 12.1. The Morgan fingerprint density at radius 2 is 1.74 bits per heavy atom. The van der Waals surface area contributed by atoms with Gasteiger partial charge in [-0.3, -0.25) is 10.1 Å². The van der Waals surface area contributed by atoms with Crippen LogP contribution in [0, 0.1) is 0 Å². The normalized spacial score (nSPS) is 11.6. The summed E-state index contributed by atoms with van der Waals surface area (Å²) in [6, 6.07) is 12.9. The highest BCUT2D eigenvalue weighted by molar-refractivity contribution is 7.89. The third-order valence-corrected chi connectivity index (χ3v) is 6.68. The molecule has 1 N–H and O–H groups in total. The van der Waals surface area contributed by atoms with E-state index in [1.807, 2.05) is 18.2 Å². The molecule has 0 aliphatic rings. The molecule has 0 fully saturated rings. The third kappa shape index (κ3) is 4.16. The Kier molecular flexibility index (Phi) is 5.56. The van der Waals surface area contributed by atoms with Crippen molar-refractivity contribution >= 4 is 44.0 Å². The van der Waals surface area contributed by atoms with Crippen LogP contribution in [0.2, 0.25) is 5.02 Å². The fourth-order valence-corrected chi connectivity index (χ4v) is 4.14. The zero-order valence-corrected chi connectivity index (χ0v) is 16.8. The molecule has 1 amide bonds. The Morgan fingerprint density at radius 1 is 1.07 bits per heavy atom. The van der Waals surface area contributed by atoms with E-state index in [4.69, 9.17) is 11.6 Å². The molecular formula is C17H15ClN4O3S2. The van der Waals surface area contributed by atoms with Gasteiger partial charge in [0.1, 0.15) is 0 Å². The number of nitrogens with one attached hydrogen (secondary N) is 1. The molecule has 3 aromatic rings. The summed E-state index contributed by atoms with van der Waals surface area (Å²) in [5.41, 5.74) is 1.04. The van der Waals surface area contributed by atoms with Crippen LogP contribution < -0.4 is 5.32 Å². The van der Waals surface area contributed by atoms with Crippen molar-refractivity contribution in [3.63, 3.8) is 0 Å². The Labute approximate surface area is 165 Å². The minimum atomic E-state index is -3.54. The monoisotopic (exact) mass is 422 g/mol. The van der Waals surface area contributed by atoms with Crippen LogP contribution in [0.25, 0.3) is 10.6 Å². The highest BCUT2D eigenvalue weighted by atomic mass is 35.5. The van der Waals surface area contributed by atoms with Gasteiger partial charge in [-0.1, -0.05) is 41.1 Å². The summed E-state index contributed by atoms with van der Waals surface area (Å²) in [5.74, 6) is -0.411. The molecule has 1 heterocycles. The maximum absolute atomic E-state index is 12.4. The molecule has 0 radical (unpaired) electrons. The number of anilines is 1. The van der Waals surface area contributed by atoms with Gasteiger partial charge in [0.15, 0.2) is 5.01 Å². The van der Waals surface area contributed by atoms with E-state index in [1.165, 1.54) is 49.7 Å². The predicted octanol–water partition coefficient (Wildman–Crippen LogP) is 3.36. The standard InChI is InChI=1S/C17H15ClN4O3S2/c1-22(2)27(24,25)12-9-7-11(8-10-12)15(23)19-17-21-20-16(26-17)13-5-3-4-6-14(13)18/h3-10H,1-2H3,(H,19,21,23). The zero-order valence-electron chi connectivity index (χ0n) is 14.4. The van der Waals surface area contributed by atoms with Crippen LogP contribution in [0.3, 0.4) is 0 Å². The molecule has 0 atom stereocenters. The summed E-state index contributed by atoms with van der Waals surface area (Å²) < 4.78 is 25.2. The van der Waals surface area contributed by atoms with Crippen LogP contribution in [-0.4, -0.2) is 42.9 Å². The Balaban J connectivity index is 1.76. The van der Waals surface area contributed by atoms with Crippen LogP contribution in [-0.2, 0) is 10.0 Å². The van der Waals surface area contributed by atoms with Gasteiger partial charge in [0.05, 0.1) is 9.92 Å². The highest BCUT2D eigenvalue weighted by Gasteiger charge is 2.18. The summed E-state index contributed by atoms with van der Waals surface area (Å²) in [7, 11) is -0.648. The zero-order chi connectivity index (χ0) is 19.6. The van der Waals surface area contributed by atoms with Gasteiger partial charge in [-0.15, -0.1) is 10.2 Å². The number of rotatable bonds is 5. The number of amides is 1. The van der Waals surface area contributed by atoms with Crippen molar-refractivity contribution in [2.24, 2.45) is 0 Å². The maximum Gasteiger partial charge on any atom is 0.257 e. The summed E-state index contributed by atoms with van der Waals surface area (Å²) in [6.07, 6.45) is 0. The first-order valence-corrected chi connectivity index (χ1v) is 10.3. The maximum atomic E-state index is 12.4. The molecule has 2 aromatic carbocycles. The van der Waals surface area contributed by atoms with E-state index >= 15 is 0 Å². The predicted molar refractivity (Wildman–Crippen MR) is 106 cm³/mol. The van der Waals surface area contributed by atoms with Crippen LogP contribution in [0.1, 0.15) is 10.4 Å². The largest absolute Gasteiger partial charge is 0.296 e. The molecule has 0 saturated carbocycles. The summed E-state index contributed by atoms with van der Waals surface area (Å²) in [4.78, 5) is 12.5. The van der Waals surface area contributed by atoms with Gasteiger partial charge in [0.2, 0.25) is 15.2 Å². The summed E-state index contributed by atoms with van der Waals surface area (Å²) >= 11 is 7.34. The molecule has 140 valence electrons. The number of benzene rings is 2. The number of halogens is 1. The molecule has 0 aliphatic carbocycles. The van der Waals surface area contributed by atoms with E-state index in [-0.39, 0.29) is 4.90 Å². The van der Waals surface area contributed by atoms with Gasteiger partial charge in [-0.2, -0.15) is 0 Å². The lowest BCUT2D eigenvalue weighted by Gasteiger charge is -2.11. The number of aromatic nitrogens is 2. The van der Waals surface area contributed by atoms with Crippen molar-refractivity contribution in [1.29, 1.82) is 0 Å². The van der Waals surface area contributed by atoms with Crippen molar-refractivity contribution in [2.45, 2.75) is 4.90 Å². The van der Waals surface area contributed by atoms with Crippen molar-refractivity contribution in [1.82, 2.24) is 14.5 Å². The molecule has 0 spiro atoms. The molecule has 10 heteroatoms. The number of nitrogens with zero attached hydrogens (tertiary/aromatic N) is 3. The smallest absolute Gasteiger partial charge is 0.257 e.